The van der Waals surface area contributed by atoms with Crippen LogP contribution >= 0.6 is 11.6 Å². The minimum absolute atomic E-state index is 0.200. The number of carboxylic acids is 1. The number of aliphatic carboxylic acids is 1. The molecule has 0 radical (unpaired) electrons. The molecule has 1 amide bonds. The van der Waals surface area contributed by atoms with Crippen molar-refractivity contribution in [2.24, 2.45) is 0 Å². The van der Waals surface area contributed by atoms with Crippen LogP contribution in [0.3, 0.4) is 0 Å². The summed E-state index contributed by atoms with van der Waals surface area (Å²) >= 11 is 5.87. The lowest BCUT2D eigenvalue weighted by Gasteiger charge is -2.15. The molecule has 0 saturated heterocycles. The van der Waals surface area contributed by atoms with E-state index < -0.39 is 17.9 Å². The molecule has 19 heavy (non-hydrogen) atoms. The molecule has 1 rings (SSSR count). The summed E-state index contributed by atoms with van der Waals surface area (Å²) in [5.41, 5.74) is 0.369. The molecule has 0 fully saturated rings. The molecule has 0 aliphatic rings. The van der Waals surface area contributed by atoms with Crippen LogP contribution in [-0.2, 0) is 9.59 Å². The SMILES string of the molecule is CC(=O)NC(COc1ccc(C#N)cc1Cl)C(=O)O. The first-order valence-electron chi connectivity index (χ1n) is 5.26. The second kappa shape index (κ2) is 6.61. The molecule has 100 valence electrons. The van der Waals surface area contributed by atoms with Gasteiger partial charge in [0.25, 0.3) is 0 Å². The van der Waals surface area contributed by atoms with E-state index in [1.54, 1.807) is 0 Å². The Bertz CT molecular complexity index is 539. The van der Waals surface area contributed by atoms with Crippen LogP contribution in [0.1, 0.15) is 12.5 Å². The van der Waals surface area contributed by atoms with Gasteiger partial charge in [0.1, 0.15) is 12.4 Å². The Kier molecular flexibility index (Phi) is 5.15. The Balaban J connectivity index is 2.72. The molecule has 0 aromatic heterocycles. The van der Waals surface area contributed by atoms with Gasteiger partial charge in [-0.2, -0.15) is 5.26 Å². The minimum Gasteiger partial charge on any atom is -0.489 e. The maximum atomic E-state index is 10.9. The van der Waals surface area contributed by atoms with Gasteiger partial charge in [-0.25, -0.2) is 4.79 Å². The average Bonchev–Trinajstić information content (AvgIpc) is 2.34. The lowest BCUT2D eigenvalue weighted by molar-refractivity contribution is -0.142. The summed E-state index contributed by atoms with van der Waals surface area (Å²) in [7, 11) is 0. The average molecular weight is 283 g/mol. The van der Waals surface area contributed by atoms with Crippen molar-refractivity contribution in [3.8, 4) is 11.8 Å². The second-order valence-corrected chi connectivity index (χ2v) is 4.07. The Morgan fingerprint density at radius 3 is 2.74 bits per heavy atom. The van der Waals surface area contributed by atoms with E-state index in [0.29, 0.717) is 5.56 Å². The minimum atomic E-state index is -1.21. The molecule has 1 atom stereocenters. The van der Waals surface area contributed by atoms with Gasteiger partial charge in [0.15, 0.2) is 6.04 Å². The summed E-state index contributed by atoms with van der Waals surface area (Å²) in [6.07, 6.45) is 0. The fourth-order valence-electron chi connectivity index (χ4n) is 1.28. The van der Waals surface area contributed by atoms with E-state index in [9.17, 15) is 9.59 Å². The molecule has 0 aliphatic heterocycles. The first kappa shape index (κ1) is 14.8. The van der Waals surface area contributed by atoms with Gasteiger partial charge in [0.2, 0.25) is 5.91 Å². The van der Waals surface area contributed by atoms with Crippen molar-refractivity contribution in [1.29, 1.82) is 5.26 Å². The van der Waals surface area contributed by atoms with E-state index in [0.717, 1.165) is 0 Å². The zero-order valence-corrected chi connectivity index (χ0v) is 10.8. The van der Waals surface area contributed by atoms with E-state index in [4.69, 9.17) is 26.7 Å². The summed E-state index contributed by atoms with van der Waals surface area (Å²) in [4.78, 5) is 21.7. The predicted octanol–water partition coefficient (Wildman–Crippen LogP) is 1.18. The number of hydrogen-bond donors (Lipinski definition) is 2. The van der Waals surface area contributed by atoms with Gasteiger partial charge in [0.05, 0.1) is 16.7 Å². The molecule has 0 spiro atoms. The molecule has 0 heterocycles. The molecule has 6 nitrogen and oxygen atoms in total. The smallest absolute Gasteiger partial charge is 0.329 e. The van der Waals surface area contributed by atoms with Gasteiger partial charge in [-0.1, -0.05) is 11.6 Å². The highest BCUT2D eigenvalue weighted by Gasteiger charge is 2.19. The highest BCUT2D eigenvalue weighted by molar-refractivity contribution is 6.32. The number of carboxylic acid groups (broad SMARTS) is 1. The number of nitriles is 1. The van der Waals surface area contributed by atoms with Gasteiger partial charge in [0, 0.05) is 6.92 Å². The van der Waals surface area contributed by atoms with Crippen molar-refractivity contribution >= 4 is 23.5 Å². The van der Waals surface area contributed by atoms with Gasteiger partial charge in [-0.05, 0) is 18.2 Å². The number of ether oxygens (including phenoxy) is 1. The Hall–Kier alpha value is -2.26. The fraction of sp³-hybridized carbons (Fsp3) is 0.250. The predicted molar refractivity (Wildman–Crippen MR) is 66.9 cm³/mol. The van der Waals surface area contributed by atoms with Gasteiger partial charge in [-0.3, -0.25) is 4.79 Å². The number of amides is 1. The zero-order chi connectivity index (χ0) is 14.4. The summed E-state index contributed by atoms with van der Waals surface area (Å²) < 4.78 is 5.22. The Morgan fingerprint density at radius 1 is 1.58 bits per heavy atom. The highest BCUT2D eigenvalue weighted by atomic mass is 35.5. The third-order valence-corrected chi connectivity index (χ3v) is 2.44. The molecule has 2 N–H and O–H groups in total. The number of carbonyl (C=O) groups is 2. The molecule has 7 heteroatoms. The lowest BCUT2D eigenvalue weighted by atomic mass is 10.2. The third-order valence-electron chi connectivity index (χ3n) is 2.14. The lowest BCUT2D eigenvalue weighted by Crippen LogP contribution is -2.43. The standard InChI is InChI=1S/C12H11ClN2O4/c1-7(16)15-10(12(17)18)6-19-11-3-2-8(5-14)4-9(11)13/h2-4,10H,6H2,1H3,(H,15,16)(H,17,18). The maximum absolute atomic E-state index is 10.9. The van der Waals surface area contributed by atoms with Crippen LogP contribution in [0.2, 0.25) is 5.02 Å². The molecule has 0 aliphatic carbocycles. The van der Waals surface area contributed by atoms with Crippen molar-refractivity contribution in [3.05, 3.63) is 28.8 Å². The zero-order valence-electron chi connectivity index (χ0n) is 10.0. The quantitative estimate of drug-likeness (QED) is 0.845. The molecular formula is C12H11ClN2O4. The monoisotopic (exact) mass is 282 g/mol. The van der Waals surface area contributed by atoms with E-state index in [-0.39, 0.29) is 17.4 Å². The molecule has 0 saturated carbocycles. The molecule has 1 aromatic rings. The number of hydrogen-bond acceptors (Lipinski definition) is 4. The molecular weight excluding hydrogens is 272 g/mol. The number of halogens is 1. The molecule has 1 unspecified atom stereocenters. The highest BCUT2D eigenvalue weighted by Crippen LogP contribution is 2.25. The van der Waals surface area contributed by atoms with Crippen molar-refractivity contribution in [2.45, 2.75) is 13.0 Å². The van der Waals surface area contributed by atoms with Gasteiger partial charge in [-0.15, -0.1) is 0 Å². The number of nitrogens with one attached hydrogen (secondary N) is 1. The largest absolute Gasteiger partial charge is 0.489 e. The first-order chi connectivity index (χ1) is 8.93. The van der Waals surface area contributed by atoms with E-state index in [1.807, 2.05) is 6.07 Å². The van der Waals surface area contributed by atoms with E-state index in [1.165, 1.54) is 25.1 Å². The van der Waals surface area contributed by atoms with Crippen LogP contribution in [0.5, 0.6) is 5.75 Å². The Morgan fingerprint density at radius 2 is 2.26 bits per heavy atom. The summed E-state index contributed by atoms with van der Waals surface area (Å²) in [6.45, 7) is 0.950. The van der Waals surface area contributed by atoms with E-state index >= 15 is 0 Å². The van der Waals surface area contributed by atoms with E-state index in [2.05, 4.69) is 5.32 Å². The van der Waals surface area contributed by atoms with Crippen LogP contribution in [0.15, 0.2) is 18.2 Å². The first-order valence-corrected chi connectivity index (χ1v) is 5.64. The van der Waals surface area contributed by atoms with Crippen molar-refractivity contribution in [3.63, 3.8) is 0 Å². The van der Waals surface area contributed by atoms with Gasteiger partial charge >= 0.3 is 5.97 Å². The maximum Gasteiger partial charge on any atom is 0.329 e. The number of carbonyl (C=O) groups excluding carboxylic acids is 1. The summed E-state index contributed by atoms with van der Waals surface area (Å²) in [5.74, 6) is -1.43. The van der Waals surface area contributed by atoms with Crippen molar-refractivity contribution < 1.29 is 19.4 Å². The molecule has 1 aromatic carbocycles. The van der Waals surface area contributed by atoms with Crippen molar-refractivity contribution in [1.82, 2.24) is 5.32 Å². The normalized spacial score (nSPS) is 11.2. The number of nitrogens with zero attached hydrogens (tertiary/aromatic N) is 1. The van der Waals surface area contributed by atoms with Crippen LogP contribution in [0, 0.1) is 11.3 Å². The number of rotatable bonds is 5. The van der Waals surface area contributed by atoms with Crippen LogP contribution < -0.4 is 10.1 Å². The van der Waals surface area contributed by atoms with Crippen LogP contribution in [0.25, 0.3) is 0 Å². The number of benzene rings is 1. The van der Waals surface area contributed by atoms with Gasteiger partial charge < -0.3 is 15.2 Å². The van der Waals surface area contributed by atoms with Crippen molar-refractivity contribution in [2.75, 3.05) is 6.61 Å². The fourth-order valence-corrected chi connectivity index (χ4v) is 1.52. The summed E-state index contributed by atoms with van der Waals surface area (Å²) in [5, 5.41) is 20.0. The van der Waals surface area contributed by atoms with Crippen LogP contribution in [-0.4, -0.2) is 29.6 Å². The summed E-state index contributed by atoms with van der Waals surface area (Å²) in [6, 6.07) is 5.12. The topological polar surface area (TPSA) is 99.4 Å². The third kappa shape index (κ3) is 4.48. The second-order valence-electron chi connectivity index (χ2n) is 3.66. The molecule has 0 bridgehead atoms. The Labute approximate surface area is 114 Å². The van der Waals surface area contributed by atoms with Crippen LogP contribution in [0.4, 0.5) is 0 Å².